The van der Waals surface area contributed by atoms with Crippen LogP contribution in [0.2, 0.25) is 0 Å². The van der Waals surface area contributed by atoms with Crippen molar-refractivity contribution in [3.63, 3.8) is 0 Å². The van der Waals surface area contributed by atoms with E-state index in [1.165, 1.54) is 24.7 Å². The topological polar surface area (TPSA) is 74.7 Å². The molecule has 18 heavy (non-hydrogen) atoms. The van der Waals surface area contributed by atoms with E-state index in [4.69, 9.17) is 5.11 Å². The van der Waals surface area contributed by atoms with Crippen LogP contribution in [0.3, 0.4) is 0 Å². The standard InChI is InChI=1S/C12H23NO4S/c1-10(12(14)15)8-13(2)18(16,17)9-11-6-4-3-5-7-11/h10-11H,3-9H2,1-2H3,(H,14,15). The number of hydrogen-bond acceptors (Lipinski definition) is 3. The van der Waals surface area contributed by atoms with Gasteiger partial charge in [0.05, 0.1) is 11.7 Å². The van der Waals surface area contributed by atoms with Gasteiger partial charge in [-0.05, 0) is 18.8 Å². The first kappa shape index (κ1) is 15.4. The van der Waals surface area contributed by atoms with Crippen molar-refractivity contribution in [2.75, 3.05) is 19.3 Å². The van der Waals surface area contributed by atoms with Crippen molar-refractivity contribution in [2.24, 2.45) is 11.8 Å². The lowest BCUT2D eigenvalue weighted by atomic mass is 9.91. The summed E-state index contributed by atoms with van der Waals surface area (Å²) in [5.74, 6) is -1.23. The van der Waals surface area contributed by atoms with Gasteiger partial charge >= 0.3 is 5.97 Å². The summed E-state index contributed by atoms with van der Waals surface area (Å²) < 4.78 is 25.4. The maximum Gasteiger partial charge on any atom is 0.307 e. The highest BCUT2D eigenvalue weighted by Crippen LogP contribution is 2.25. The molecule has 5 nitrogen and oxygen atoms in total. The summed E-state index contributed by atoms with van der Waals surface area (Å²) in [6.45, 7) is 1.57. The van der Waals surface area contributed by atoms with Gasteiger partial charge in [-0.2, -0.15) is 0 Å². The summed E-state index contributed by atoms with van der Waals surface area (Å²) in [4.78, 5) is 10.7. The lowest BCUT2D eigenvalue weighted by Gasteiger charge is -2.25. The third kappa shape index (κ3) is 4.57. The molecule has 1 saturated carbocycles. The molecule has 0 saturated heterocycles. The van der Waals surface area contributed by atoms with Gasteiger partial charge in [0.15, 0.2) is 0 Å². The Balaban J connectivity index is 2.53. The fraction of sp³-hybridized carbons (Fsp3) is 0.917. The number of aliphatic carboxylic acids is 1. The molecule has 1 atom stereocenters. The van der Waals surface area contributed by atoms with Crippen molar-refractivity contribution in [1.29, 1.82) is 0 Å². The van der Waals surface area contributed by atoms with Crippen LogP contribution in [-0.4, -0.2) is 43.1 Å². The normalized spacial score (nSPS) is 19.9. The minimum Gasteiger partial charge on any atom is -0.481 e. The zero-order valence-corrected chi connectivity index (χ0v) is 11.9. The molecule has 0 aromatic carbocycles. The molecule has 6 heteroatoms. The molecule has 1 aliphatic rings. The molecule has 1 aliphatic carbocycles. The maximum absolute atomic E-state index is 12.1. The SMILES string of the molecule is CC(CN(C)S(=O)(=O)CC1CCCCC1)C(=O)O. The zero-order chi connectivity index (χ0) is 13.8. The molecule has 0 aliphatic heterocycles. The summed E-state index contributed by atoms with van der Waals surface area (Å²) in [6, 6.07) is 0. The second-order valence-corrected chi connectivity index (χ2v) is 7.42. The van der Waals surface area contributed by atoms with Gasteiger partial charge < -0.3 is 5.11 Å². The fourth-order valence-corrected chi connectivity index (χ4v) is 3.99. The van der Waals surface area contributed by atoms with Crippen LogP contribution in [-0.2, 0) is 14.8 Å². The lowest BCUT2D eigenvalue weighted by molar-refractivity contribution is -0.141. The Morgan fingerprint density at radius 1 is 1.33 bits per heavy atom. The van der Waals surface area contributed by atoms with Gasteiger partial charge in [0.25, 0.3) is 0 Å². The van der Waals surface area contributed by atoms with E-state index in [1.54, 1.807) is 0 Å². The van der Waals surface area contributed by atoms with E-state index in [9.17, 15) is 13.2 Å². The Morgan fingerprint density at radius 3 is 2.39 bits per heavy atom. The van der Waals surface area contributed by atoms with Crippen LogP contribution in [0.15, 0.2) is 0 Å². The number of carboxylic acids is 1. The van der Waals surface area contributed by atoms with E-state index in [1.807, 2.05) is 0 Å². The molecule has 1 unspecified atom stereocenters. The fourth-order valence-electron chi connectivity index (χ4n) is 2.36. The number of carboxylic acid groups (broad SMARTS) is 1. The average Bonchev–Trinajstić information content (AvgIpc) is 2.29. The number of sulfonamides is 1. The van der Waals surface area contributed by atoms with E-state index in [-0.39, 0.29) is 18.2 Å². The van der Waals surface area contributed by atoms with Crippen LogP contribution in [0.25, 0.3) is 0 Å². The summed E-state index contributed by atoms with van der Waals surface area (Å²) >= 11 is 0. The minimum atomic E-state index is -3.32. The Kier molecular flexibility index (Phi) is 5.59. The number of rotatable bonds is 6. The van der Waals surface area contributed by atoms with E-state index in [0.717, 1.165) is 25.7 Å². The molecular weight excluding hydrogens is 254 g/mol. The Bertz CT molecular complexity index is 374. The molecular formula is C12H23NO4S. The highest BCUT2D eigenvalue weighted by molar-refractivity contribution is 7.89. The molecule has 0 bridgehead atoms. The average molecular weight is 277 g/mol. The predicted molar refractivity (Wildman–Crippen MR) is 69.8 cm³/mol. The van der Waals surface area contributed by atoms with Gasteiger partial charge in [-0.3, -0.25) is 4.79 Å². The first-order chi connectivity index (χ1) is 8.33. The van der Waals surface area contributed by atoms with E-state index < -0.39 is 21.9 Å². The zero-order valence-electron chi connectivity index (χ0n) is 11.1. The highest BCUT2D eigenvalue weighted by Gasteiger charge is 2.27. The van der Waals surface area contributed by atoms with Crippen molar-refractivity contribution < 1.29 is 18.3 Å². The molecule has 0 aromatic heterocycles. The van der Waals surface area contributed by atoms with Gasteiger partial charge in [-0.15, -0.1) is 0 Å². The molecule has 1 fully saturated rings. The van der Waals surface area contributed by atoms with Crippen LogP contribution in [0.5, 0.6) is 0 Å². The molecule has 0 amide bonds. The van der Waals surface area contributed by atoms with Crippen molar-refractivity contribution in [2.45, 2.75) is 39.0 Å². The van der Waals surface area contributed by atoms with Gasteiger partial charge in [0.1, 0.15) is 0 Å². The third-order valence-electron chi connectivity index (χ3n) is 3.60. The molecule has 0 radical (unpaired) electrons. The third-order valence-corrected chi connectivity index (χ3v) is 5.59. The molecule has 0 spiro atoms. The van der Waals surface area contributed by atoms with Crippen molar-refractivity contribution in [3.05, 3.63) is 0 Å². The summed E-state index contributed by atoms with van der Waals surface area (Å²) in [6.07, 6.45) is 5.36. The molecule has 0 heterocycles. The first-order valence-corrected chi connectivity index (χ1v) is 8.10. The van der Waals surface area contributed by atoms with Gasteiger partial charge in [0.2, 0.25) is 10.0 Å². The van der Waals surface area contributed by atoms with Crippen molar-refractivity contribution in [1.82, 2.24) is 4.31 Å². The van der Waals surface area contributed by atoms with Crippen LogP contribution in [0, 0.1) is 11.8 Å². The maximum atomic E-state index is 12.1. The summed E-state index contributed by atoms with van der Waals surface area (Å²) in [7, 11) is -1.85. The van der Waals surface area contributed by atoms with Gasteiger partial charge in [-0.1, -0.05) is 26.2 Å². The molecule has 1 rings (SSSR count). The second kappa shape index (κ2) is 6.52. The molecule has 1 N–H and O–H groups in total. The second-order valence-electron chi connectivity index (χ2n) is 5.30. The summed E-state index contributed by atoms with van der Waals surface area (Å²) in [5.41, 5.74) is 0. The van der Waals surface area contributed by atoms with Crippen molar-refractivity contribution >= 4 is 16.0 Å². The minimum absolute atomic E-state index is 0.0460. The van der Waals surface area contributed by atoms with Gasteiger partial charge in [0, 0.05) is 13.6 Å². The number of nitrogens with zero attached hydrogens (tertiary/aromatic N) is 1. The largest absolute Gasteiger partial charge is 0.481 e. The summed E-state index contributed by atoms with van der Waals surface area (Å²) in [5, 5.41) is 8.80. The lowest BCUT2D eigenvalue weighted by Crippen LogP contribution is -2.37. The van der Waals surface area contributed by atoms with E-state index in [2.05, 4.69) is 0 Å². The molecule has 106 valence electrons. The number of hydrogen-bond donors (Lipinski definition) is 1. The smallest absolute Gasteiger partial charge is 0.307 e. The van der Waals surface area contributed by atoms with Gasteiger partial charge in [-0.25, -0.2) is 12.7 Å². The Hall–Kier alpha value is -0.620. The Morgan fingerprint density at radius 2 is 1.89 bits per heavy atom. The van der Waals surface area contributed by atoms with Crippen LogP contribution in [0.4, 0.5) is 0 Å². The predicted octanol–water partition coefficient (Wildman–Crippen LogP) is 1.55. The number of carbonyl (C=O) groups is 1. The van der Waals surface area contributed by atoms with E-state index >= 15 is 0 Å². The highest BCUT2D eigenvalue weighted by atomic mass is 32.2. The molecule has 0 aromatic rings. The quantitative estimate of drug-likeness (QED) is 0.799. The van der Waals surface area contributed by atoms with Crippen LogP contribution in [0.1, 0.15) is 39.0 Å². The Labute approximate surface area is 109 Å². The van der Waals surface area contributed by atoms with Crippen LogP contribution < -0.4 is 0 Å². The van der Waals surface area contributed by atoms with E-state index in [0.29, 0.717) is 0 Å². The monoisotopic (exact) mass is 277 g/mol. The van der Waals surface area contributed by atoms with Crippen molar-refractivity contribution in [3.8, 4) is 0 Å². The first-order valence-electron chi connectivity index (χ1n) is 6.49. The van der Waals surface area contributed by atoms with Crippen LogP contribution >= 0.6 is 0 Å².